The number of anilines is 2. The van der Waals surface area contributed by atoms with Gasteiger partial charge >= 0.3 is 6.09 Å². The SMILES string of the molecule is COC(=O)N[C@@H](C)CNc1nccc(-c2[nH]c(C3CC3)nc2-c2cnc(N)c(OC)c2)n1. The minimum Gasteiger partial charge on any atom is -0.493 e. The van der Waals surface area contributed by atoms with E-state index in [1.807, 2.05) is 19.1 Å². The molecule has 3 heterocycles. The van der Waals surface area contributed by atoms with Gasteiger partial charge in [0.25, 0.3) is 0 Å². The molecule has 0 radical (unpaired) electrons. The molecule has 32 heavy (non-hydrogen) atoms. The average molecular weight is 438 g/mol. The second kappa shape index (κ2) is 9.08. The standard InChI is InChI=1S/C21H26N8O3/c1-11(26-21(30)32-3)9-25-20-23-7-6-14(27-20)17-16(28-19(29-17)12-4-5-12)13-8-15(31-2)18(22)24-10-13/h6-8,10-12H,4-5,9H2,1-3H3,(H2,22,24)(H,26,30)(H,28,29)(H,23,25,27)/t11-/m0/s1. The highest BCUT2D eigenvalue weighted by molar-refractivity contribution is 5.78. The summed E-state index contributed by atoms with van der Waals surface area (Å²) in [5.41, 5.74) is 8.83. The number of carbonyl (C=O) groups excluding carboxylic acids is 1. The lowest BCUT2D eigenvalue weighted by molar-refractivity contribution is 0.168. The van der Waals surface area contributed by atoms with E-state index in [9.17, 15) is 4.79 Å². The third-order valence-electron chi connectivity index (χ3n) is 5.09. The number of alkyl carbamates (subject to hydrolysis) is 1. The first-order chi connectivity index (χ1) is 15.5. The lowest BCUT2D eigenvalue weighted by Gasteiger charge is -2.14. The largest absolute Gasteiger partial charge is 0.493 e. The van der Waals surface area contributed by atoms with E-state index in [4.69, 9.17) is 15.5 Å². The van der Waals surface area contributed by atoms with Crippen molar-refractivity contribution in [3.8, 4) is 28.4 Å². The molecule has 1 saturated carbocycles. The van der Waals surface area contributed by atoms with E-state index in [0.29, 0.717) is 35.7 Å². The number of nitrogens with one attached hydrogen (secondary N) is 3. The number of nitrogens with two attached hydrogens (primary N) is 1. The quantitative estimate of drug-likeness (QED) is 0.415. The molecule has 11 nitrogen and oxygen atoms in total. The topological polar surface area (TPSA) is 153 Å². The van der Waals surface area contributed by atoms with Crippen molar-refractivity contribution in [3.63, 3.8) is 0 Å². The second-order valence-corrected chi connectivity index (χ2v) is 7.61. The highest BCUT2D eigenvalue weighted by Gasteiger charge is 2.29. The Morgan fingerprint density at radius 3 is 2.84 bits per heavy atom. The van der Waals surface area contributed by atoms with Crippen molar-refractivity contribution >= 4 is 17.9 Å². The van der Waals surface area contributed by atoms with Crippen LogP contribution in [0.3, 0.4) is 0 Å². The summed E-state index contributed by atoms with van der Waals surface area (Å²) >= 11 is 0. The Bertz CT molecular complexity index is 1110. The molecule has 3 aromatic rings. The molecule has 11 heteroatoms. The van der Waals surface area contributed by atoms with Crippen molar-refractivity contribution in [3.05, 3.63) is 30.4 Å². The predicted molar refractivity (Wildman–Crippen MR) is 119 cm³/mol. The maximum Gasteiger partial charge on any atom is 0.407 e. The number of ether oxygens (including phenoxy) is 2. The molecule has 3 aromatic heterocycles. The van der Waals surface area contributed by atoms with Crippen molar-refractivity contribution < 1.29 is 14.3 Å². The van der Waals surface area contributed by atoms with Crippen molar-refractivity contribution in [2.75, 3.05) is 31.8 Å². The summed E-state index contributed by atoms with van der Waals surface area (Å²) in [6, 6.07) is 3.46. The maximum atomic E-state index is 11.3. The molecule has 0 aromatic carbocycles. The number of methoxy groups -OCH3 is 2. The van der Waals surface area contributed by atoms with Crippen molar-refractivity contribution in [1.82, 2.24) is 30.2 Å². The van der Waals surface area contributed by atoms with Crippen LogP contribution in [0.5, 0.6) is 5.75 Å². The van der Waals surface area contributed by atoms with E-state index in [-0.39, 0.29) is 6.04 Å². The summed E-state index contributed by atoms with van der Waals surface area (Å²) in [5.74, 6) is 2.59. The van der Waals surface area contributed by atoms with Crippen molar-refractivity contribution in [2.45, 2.75) is 31.7 Å². The number of hydrogen-bond donors (Lipinski definition) is 4. The van der Waals surface area contributed by atoms with E-state index >= 15 is 0 Å². The van der Waals surface area contributed by atoms with Gasteiger partial charge in [-0.2, -0.15) is 0 Å². The summed E-state index contributed by atoms with van der Waals surface area (Å²) in [6.45, 7) is 2.28. The monoisotopic (exact) mass is 438 g/mol. The molecule has 0 bridgehead atoms. The van der Waals surface area contributed by atoms with Crippen LogP contribution in [0.15, 0.2) is 24.5 Å². The fraction of sp³-hybridized carbons (Fsp3) is 0.381. The van der Waals surface area contributed by atoms with Crippen LogP contribution in [0.2, 0.25) is 0 Å². The van der Waals surface area contributed by atoms with Crippen LogP contribution < -0.4 is 21.1 Å². The third kappa shape index (κ3) is 4.71. The van der Waals surface area contributed by atoms with E-state index in [1.54, 1.807) is 19.5 Å². The molecular weight excluding hydrogens is 412 g/mol. The first-order valence-electron chi connectivity index (χ1n) is 10.3. The minimum absolute atomic E-state index is 0.174. The molecular formula is C21H26N8O3. The minimum atomic E-state index is -0.490. The van der Waals surface area contributed by atoms with Crippen LogP contribution in [0.4, 0.5) is 16.6 Å². The zero-order chi connectivity index (χ0) is 22.7. The van der Waals surface area contributed by atoms with Gasteiger partial charge in [-0.3, -0.25) is 0 Å². The molecule has 168 valence electrons. The number of hydrogen-bond acceptors (Lipinski definition) is 9. The van der Waals surface area contributed by atoms with E-state index < -0.39 is 6.09 Å². The van der Waals surface area contributed by atoms with Gasteiger partial charge in [0.05, 0.1) is 31.3 Å². The van der Waals surface area contributed by atoms with Crippen LogP contribution >= 0.6 is 0 Å². The van der Waals surface area contributed by atoms with Crippen molar-refractivity contribution in [2.24, 2.45) is 0 Å². The Labute approximate surface area is 185 Å². The fourth-order valence-electron chi connectivity index (χ4n) is 3.22. The zero-order valence-corrected chi connectivity index (χ0v) is 18.2. The second-order valence-electron chi connectivity index (χ2n) is 7.61. The van der Waals surface area contributed by atoms with Crippen LogP contribution in [0.1, 0.15) is 31.5 Å². The number of imidazole rings is 1. The first kappa shape index (κ1) is 21.3. The number of nitrogen functional groups attached to an aromatic ring is 1. The van der Waals surface area contributed by atoms with Gasteiger partial charge in [-0.25, -0.2) is 24.7 Å². The molecule has 0 aliphatic heterocycles. The Morgan fingerprint density at radius 2 is 2.12 bits per heavy atom. The summed E-state index contributed by atoms with van der Waals surface area (Å²) in [5, 5.41) is 5.83. The van der Waals surface area contributed by atoms with Crippen molar-refractivity contribution in [1.29, 1.82) is 0 Å². The number of nitrogens with zero attached hydrogens (tertiary/aromatic N) is 4. The summed E-state index contributed by atoms with van der Waals surface area (Å²) in [6.07, 6.45) is 5.08. The van der Waals surface area contributed by atoms with Gasteiger partial charge in [-0.15, -0.1) is 0 Å². The lowest BCUT2D eigenvalue weighted by Crippen LogP contribution is -2.37. The molecule has 1 aliphatic carbocycles. The number of aromatic nitrogens is 5. The highest BCUT2D eigenvalue weighted by atomic mass is 16.5. The number of pyridine rings is 1. The summed E-state index contributed by atoms with van der Waals surface area (Å²) in [7, 11) is 2.88. The molecule has 0 saturated heterocycles. The molecule has 1 amide bonds. The lowest BCUT2D eigenvalue weighted by atomic mass is 10.1. The molecule has 0 spiro atoms. The average Bonchev–Trinajstić information content (AvgIpc) is 3.56. The highest BCUT2D eigenvalue weighted by Crippen LogP contribution is 2.41. The van der Waals surface area contributed by atoms with Crippen LogP contribution in [-0.2, 0) is 4.74 Å². The number of carbonyl (C=O) groups is 1. The number of amides is 1. The number of H-pyrrole nitrogens is 1. The van der Waals surface area contributed by atoms with Gasteiger partial charge in [0.2, 0.25) is 5.95 Å². The van der Waals surface area contributed by atoms with Gasteiger partial charge < -0.3 is 30.8 Å². The van der Waals surface area contributed by atoms with Gasteiger partial charge in [0.1, 0.15) is 5.82 Å². The molecule has 4 rings (SSSR count). The predicted octanol–water partition coefficient (Wildman–Crippen LogP) is 2.55. The van der Waals surface area contributed by atoms with Gasteiger partial charge in [0.15, 0.2) is 11.6 Å². The summed E-state index contributed by atoms with van der Waals surface area (Å²) < 4.78 is 9.94. The first-order valence-corrected chi connectivity index (χ1v) is 10.3. The van der Waals surface area contributed by atoms with Crippen LogP contribution in [0, 0.1) is 0 Å². The number of aromatic amines is 1. The fourth-order valence-corrected chi connectivity index (χ4v) is 3.22. The zero-order valence-electron chi connectivity index (χ0n) is 18.2. The molecule has 1 aliphatic rings. The normalized spacial score (nSPS) is 14.0. The van der Waals surface area contributed by atoms with Gasteiger partial charge in [0, 0.05) is 36.5 Å². The number of rotatable bonds is 8. The Morgan fingerprint density at radius 1 is 1.31 bits per heavy atom. The van der Waals surface area contributed by atoms with Crippen LogP contribution in [-0.4, -0.2) is 57.8 Å². The van der Waals surface area contributed by atoms with Crippen LogP contribution in [0.25, 0.3) is 22.6 Å². The Balaban J connectivity index is 1.62. The van der Waals surface area contributed by atoms with E-state index in [1.165, 1.54) is 7.11 Å². The third-order valence-corrected chi connectivity index (χ3v) is 5.09. The molecule has 1 atom stereocenters. The molecule has 1 fully saturated rings. The van der Waals surface area contributed by atoms with E-state index in [0.717, 1.165) is 35.6 Å². The molecule has 0 unspecified atom stereocenters. The Kier molecular flexibility index (Phi) is 6.06. The maximum absolute atomic E-state index is 11.3. The van der Waals surface area contributed by atoms with Gasteiger partial charge in [-0.1, -0.05) is 0 Å². The van der Waals surface area contributed by atoms with Gasteiger partial charge in [-0.05, 0) is 31.9 Å². The van der Waals surface area contributed by atoms with E-state index in [2.05, 4.69) is 35.3 Å². The summed E-state index contributed by atoms with van der Waals surface area (Å²) in [4.78, 5) is 32.8. The molecule has 5 N–H and O–H groups in total. The Hall–Kier alpha value is -3.89. The smallest absolute Gasteiger partial charge is 0.407 e.